The zero-order valence-corrected chi connectivity index (χ0v) is 9.55. The molecular formula is C12H22O2. The van der Waals surface area contributed by atoms with Crippen LogP contribution in [0, 0.1) is 5.92 Å². The van der Waals surface area contributed by atoms with Crippen LogP contribution in [0.3, 0.4) is 0 Å². The molecule has 2 nitrogen and oxygen atoms in total. The van der Waals surface area contributed by atoms with Crippen LogP contribution in [0.2, 0.25) is 0 Å². The normalized spacial score (nSPS) is 14.1. The molecule has 0 fully saturated rings. The number of aliphatic carboxylic acids is 1. The summed E-state index contributed by atoms with van der Waals surface area (Å²) in [5.74, 6) is -0.950. The number of carboxylic acids is 1. The van der Waals surface area contributed by atoms with Gasteiger partial charge in [0.25, 0.3) is 0 Å². The highest BCUT2D eigenvalue weighted by molar-refractivity contribution is 5.73. The number of carboxylic acid groups (broad SMARTS) is 1. The van der Waals surface area contributed by atoms with Gasteiger partial charge in [-0.3, -0.25) is 4.79 Å². The van der Waals surface area contributed by atoms with Gasteiger partial charge in [-0.15, -0.1) is 0 Å². The Morgan fingerprint density at radius 3 is 2.43 bits per heavy atom. The number of allylic oxidation sites excluding steroid dienone is 1. The second-order valence-corrected chi connectivity index (χ2v) is 3.77. The van der Waals surface area contributed by atoms with Crippen LogP contribution in [0.25, 0.3) is 0 Å². The lowest BCUT2D eigenvalue weighted by Crippen LogP contribution is -2.14. The van der Waals surface area contributed by atoms with Crippen molar-refractivity contribution in [1.29, 1.82) is 0 Å². The summed E-state index contributed by atoms with van der Waals surface area (Å²) in [7, 11) is 0. The molecular weight excluding hydrogens is 176 g/mol. The molecule has 0 aliphatic rings. The van der Waals surface area contributed by atoms with Gasteiger partial charge >= 0.3 is 5.97 Å². The van der Waals surface area contributed by atoms with Crippen molar-refractivity contribution < 1.29 is 9.90 Å². The Balaban J connectivity index is 3.93. The molecule has 0 bridgehead atoms. The molecule has 14 heavy (non-hydrogen) atoms. The first-order valence-corrected chi connectivity index (χ1v) is 5.49. The van der Waals surface area contributed by atoms with E-state index in [9.17, 15) is 4.79 Å². The maximum absolute atomic E-state index is 10.9. The van der Waals surface area contributed by atoms with Gasteiger partial charge in [-0.1, -0.05) is 44.3 Å². The average molecular weight is 198 g/mol. The molecule has 0 aromatic heterocycles. The van der Waals surface area contributed by atoms with Crippen molar-refractivity contribution in [1.82, 2.24) is 0 Å². The number of unbranched alkanes of at least 4 members (excludes halogenated alkanes) is 3. The van der Waals surface area contributed by atoms with Gasteiger partial charge in [0, 0.05) is 0 Å². The molecule has 2 heteroatoms. The van der Waals surface area contributed by atoms with E-state index in [2.05, 4.69) is 6.92 Å². The first-order valence-electron chi connectivity index (χ1n) is 5.49. The highest BCUT2D eigenvalue weighted by Gasteiger charge is 2.17. The van der Waals surface area contributed by atoms with Crippen LogP contribution in [0.15, 0.2) is 11.6 Å². The Bertz CT molecular complexity index is 194. The summed E-state index contributed by atoms with van der Waals surface area (Å²) in [5, 5.41) is 8.99. The lowest BCUT2D eigenvalue weighted by atomic mass is 9.94. The van der Waals surface area contributed by atoms with Crippen molar-refractivity contribution >= 4 is 5.97 Å². The number of rotatable bonds is 7. The molecule has 0 amide bonds. The lowest BCUT2D eigenvalue weighted by Gasteiger charge is -2.12. The molecule has 0 spiro atoms. The van der Waals surface area contributed by atoms with Gasteiger partial charge < -0.3 is 5.11 Å². The van der Waals surface area contributed by atoms with Crippen LogP contribution in [0.4, 0.5) is 0 Å². The Morgan fingerprint density at radius 1 is 1.36 bits per heavy atom. The second-order valence-electron chi connectivity index (χ2n) is 3.77. The van der Waals surface area contributed by atoms with Crippen molar-refractivity contribution in [3.63, 3.8) is 0 Å². The maximum atomic E-state index is 10.9. The van der Waals surface area contributed by atoms with Crippen LogP contribution < -0.4 is 0 Å². The summed E-state index contributed by atoms with van der Waals surface area (Å²) in [4.78, 5) is 10.9. The molecule has 0 aliphatic carbocycles. The summed E-state index contributed by atoms with van der Waals surface area (Å²) in [6, 6.07) is 0. The number of hydrogen-bond acceptors (Lipinski definition) is 1. The van der Waals surface area contributed by atoms with Gasteiger partial charge in [0.1, 0.15) is 0 Å². The molecule has 0 saturated carbocycles. The van der Waals surface area contributed by atoms with Crippen molar-refractivity contribution in [3.8, 4) is 0 Å². The van der Waals surface area contributed by atoms with E-state index in [1.54, 1.807) is 0 Å². The van der Waals surface area contributed by atoms with E-state index < -0.39 is 5.97 Å². The Hall–Kier alpha value is -0.790. The van der Waals surface area contributed by atoms with E-state index in [1.165, 1.54) is 12.8 Å². The molecule has 0 aromatic rings. The second kappa shape index (κ2) is 7.60. The summed E-state index contributed by atoms with van der Waals surface area (Å²) in [6.45, 7) is 5.96. The van der Waals surface area contributed by atoms with E-state index in [1.807, 2.05) is 19.9 Å². The van der Waals surface area contributed by atoms with Gasteiger partial charge in [-0.2, -0.15) is 0 Å². The highest BCUT2D eigenvalue weighted by atomic mass is 16.4. The van der Waals surface area contributed by atoms with Gasteiger partial charge in [0.05, 0.1) is 5.92 Å². The quantitative estimate of drug-likeness (QED) is 0.501. The molecule has 0 rings (SSSR count). The van der Waals surface area contributed by atoms with E-state index in [0.717, 1.165) is 24.8 Å². The number of hydrogen-bond donors (Lipinski definition) is 1. The van der Waals surface area contributed by atoms with Gasteiger partial charge in [-0.05, 0) is 20.3 Å². The minimum absolute atomic E-state index is 0.267. The summed E-state index contributed by atoms with van der Waals surface area (Å²) < 4.78 is 0. The monoisotopic (exact) mass is 198 g/mol. The van der Waals surface area contributed by atoms with Crippen LogP contribution >= 0.6 is 0 Å². The molecule has 0 aromatic carbocycles. The molecule has 0 aliphatic heterocycles. The topological polar surface area (TPSA) is 37.3 Å². The van der Waals surface area contributed by atoms with Crippen LogP contribution in [-0.2, 0) is 4.79 Å². The highest BCUT2D eigenvalue weighted by Crippen LogP contribution is 2.18. The van der Waals surface area contributed by atoms with E-state index in [0.29, 0.717) is 0 Å². The molecule has 1 unspecified atom stereocenters. The Kier molecular flexibility index (Phi) is 7.17. The first kappa shape index (κ1) is 13.2. The van der Waals surface area contributed by atoms with Crippen LogP contribution in [-0.4, -0.2) is 11.1 Å². The Labute approximate surface area is 87.0 Å². The minimum atomic E-state index is -0.683. The third-order valence-corrected chi connectivity index (χ3v) is 2.65. The Morgan fingerprint density at radius 2 is 2.00 bits per heavy atom. The van der Waals surface area contributed by atoms with Crippen LogP contribution in [0.5, 0.6) is 0 Å². The van der Waals surface area contributed by atoms with Gasteiger partial charge in [0.2, 0.25) is 0 Å². The fourth-order valence-electron chi connectivity index (χ4n) is 1.52. The first-order chi connectivity index (χ1) is 6.63. The van der Waals surface area contributed by atoms with E-state index in [-0.39, 0.29) is 5.92 Å². The van der Waals surface area contributed by atoms with Crippen molar-refractivity contribution in [3.05, 3.63) is 11.6 Å². The summed E-state index contributed by atoms with van der Waals surface area (Å²) in [6.07, 6.45) is 7.26. The van der Waals surface area contributed by atoms with Crippen molar-refractivity contribution in [2.45, 2.75) is 52.9 Å². The summed E-state index contributed by atoms with van der Waals surface area (Å²) >= 11 is 0. The fraction of sp³-hybridized carbons (Fsp3) is 0.750. The minimum Gasteiger partial charge on any atom is -0.481 e. The maximum Gasteiger partial charge on any atom is 0.310 e. The van der Waals surface area contributed by atoms with Crippen molar-refractivity contribution in [2.24, 2.45) is 5.92 Å². The lowest BCUT2D eigenvalue weighted by molar-refractivity contribution is -0.140. The summed E-state index contributed by atoms with van der Waals surface area (Å²) in [5.41, 5.74) is 0.981. The third-order valence-electron chi connectivity index (χ3n) is 2.65. The molecule has 1 atom stereocenters. The van der Waals surface area contributed by atoms with Gasteiger partial charge in [0.15, 0.2) is 0 Å². The fourth-order valence-corrected chi connectivity index (χ4v) is 1.52. The predicted molar refractivity (Wildman–Crippen MR) is 59.3 cm³/mol. The van der Waals surface area contributed by atoms with E-state index in [4.69, 9.17) is 5.11 Å². The molecule has 82 valence electrons. The van der Waals surface area contributed by atoms with Crippen molar-refractivity contribution in [2.75, 3.05) is 0 Å². The average Bonchev–Trinajstić information content (AvgIpc) is 2.16. The third kappa shape index (κ3) is 5.05. The molecule has 1 N–H and O–H groups in total. The number of carbonyl (C=O) groups is 1. The molecule has 0 heterocycles. The largest absolute Gasteiger partial charge is 0.481 e. The zero-order valence-electron chi connectivity index (χ0n) is 9.55. The molecule has 0 radical (unpaired) electrons. The van der Waals surface area contributed by atoms with Crippen LogP contribution in [0.1, 0.15) is 52.9 Å². The van der Waals surface area contributed by atoms with E-state index >= 15 is 0 Å². The SMILES string of the molecule is CC=C(C)C(CCCCCC)C(=O)O. The molecule has 0 saturated heterocycles. The zero-order chi connectivity index (χ0) is 11.0. The smallest absolute Gasteiger partial charge is 0.310 e. The predicted octanol–water partition coefficient (Wildman–Crippen LogP) is 3.62. The standard InChI is InChI=1S/C12H22O2/c1-4-6-7-8-9-11(12(13)14)10(3)5-2/h5,11H,4,6-9H2,1-3H3,(H,13,14). The van der Waals surface area contributed by atoms with Gasteiger partial charge in [-0.25, -0.2) is 0 Å².